The molecule has 4 atom stereocenters. The van der Waals surface area contributed by atoms with Crippen LogP contribution >= 0.6 is 0 Å². The van der Waals surface area contributed by atoms with Gasteiger partial charge < -0.3 is 20.1 Å². The van der Waals surface area contributed by atoms with Gasteiger partial charge in [-0.2, -0.15) is 0 Å². The Kier molecular flexibility index (Phi) is 3.42. The predicted molar refractivity (Wildman–Crippen MR) is 85.7 cm³/mol. The van der Waals surface area contributed by atoms with E-state index < -0.39 is 0 Å². The van der Waals surface area contributed by atoms with Crippen LogP contribution in [0.1, 0.15) is 42.4 Å². The highest BCUT2D eigenvalue weighted by molar-refractivity contribution is 5.45. The molecule has 0 spiro atoms. The lowest BCUT2D eigenvalue weighted by Gasteiger charge is -2.44. The Labute approximate surface area is 135 Å². The van der Waals surface area contributed by atoms with Crippen LogP contribution in [0.2, 0.25) is 0 Å². The van der Waals surface area contributed by atoms with Crippen molar-refractivity contribution in [3.8, 4) is 17.2 Å². The van der Waals surface area contributed by atoms with E-state index in [4.69, 9.17) is 4.74 Å². The van der Waals surface area contributed by atoms with Crippen LogP contribution in [0.25, 0.3) is 0 Å². The molecule has 0 radical (unpaired) electrons. The van der Waals surface area contributed by atoms with E-state index in [2.05, 4.69) is 0 Å². The van der Waals surface area contributed by atoms with Gasteiger partial charge in [-0.1, -0.05) is 12.1 Å². The normalized spacial score (nSPS) is 29.3. The van der Waals surface area contributed by atoms with E-state index in [0.29, 0.717) is 6.42 Å². The summed E-state index contributed by atoms with van der Waals surface area (Å²) < 4.78 is 6.24. The zero-order chi connectivity index (χ0) is 16.0. The molecular weight excluding hydrogens is 292 g/mol. The molecule has 1 saturated carbocycles. The maximum absolute atomic E-state index is 10.1. The molecule has 0 saturated heterocycles. The van der Waals surface area contributed by atoms with E-state index in [9.17, 15) is 15.3 Å². The molecule has 4 rings (SSSR count). The van der Waals surface area contributed by atoms with Gasteiger partial charge in [0.25, 0.3) is 0 Å². The summed E-state index contributed by atoms with van der Waals surface area (Å²) in [5.41, 5.74) is 2.02. The van der Waals surface area contributed by atoms with Gasteiger partial charge in [-0.05, 0) is 61.1 Å². The molecule has 4 heteroatoms. The summed E-state index contributed by atoms with van der Waals surface area (Å²) >= 11 is 0. The second-order valence-electron chi connectivity index (χ2n) is 6.59. The Morgan fingerprint density at radius 1 is 0.913 bits per heavy atom. The van der Waals surface area contributed by atoms with Gasteiger partial charge in [-0.3, -0.25) is 0 Å². The fourth-order valence-corrected chi connectivity index (χ4v) is 4.03. The van der Waals surface area contributed by atoms with Crippen LogP contribution in [-0.4, -0.2) is 21.4 Å². The summed E-state index contributed by atoms with van der Waals surface area (Å²) in [7, 11) is 0. The zero-order valence-electron chi connectivity index (χ0n) is 12.7. The van der Waals surface area contributed by atoms with Gasteiger partial charge in [-0.15, -0.1) is 0 Å². The molecule has 1 unspecified atom stereocenters. The number of rotatable bonds is 1. The Morgan fingerprint density at radius 3 is 2.43 bits per heavy atom. The first-order valence-electron chi connectivity index (χ1n) is 8.08. The second-order valence-corrected chi connectivity index (χ2v) is 6.59. The van der Waals surface area contributed by atoms with E-state index in [-0.39, 0.29) is 35.5 Å². The van der Waals surface area contributed by atoms with Crippen LogP contribution in [0.5, 0.6) is 17.2 Å². The van der Waals surface area contributed by atoms with Crippen molar-refractivity contribution in [1.29, 1.82) is 0 Å². The summed E-state index contributed by atoms with van der Waals surface area (Å²) in [6.07, 6.45) is 1.95. The highest BCUT2D eigenvalue weighted by Gasteiger charge is 2.42. The van der Waals surface area contributed by atoms with Crippen LogP contribution in [-0.2, 0) is 0 Å². The van der Waals surface area contributed by atoms with Gasteiger partial charge in [0.15, 0.2) is 0 Å². The van der Waals surface area contributed by atoms with Crippen molar-refractivity contribution in [3.05, 3.63) is 53.6 Å². The third kappa shape index (κ3) is 2.53. The Hall–Kier alpha value is -2.20. The Morgan fingerprint density at radius 2 is 1.65 bits per heavy atom. The van der Waals surface area contributed by atoms with E-state index in [1.807, 2.05) is 12.1 Å². The van der Waals surface area contributed by atoms with E-state index >= 15 is 0 Å². The summed E-state index contributed by atoms with van der Waals surface area (Å²) in [5, 5.41) is 29.4. The van der Waals surface area contributed by atoms with Gasteiger partial charge >= 0.3 is 0 Å². The number of aliphatic hydroxyl groups is 1. The van der Waals surface area contributed by atoms with Crippen molar-refractivity contribution in [2.24, 2.45) is 5.92 Å². The molecule has 1 aliphatic heterocycles. The quantitative estimate of drug-likeness (QED) is 0.754. The lowest BCUT2D eigenvalue weighted by atomic mass is 9.69. The van der Waals surface area contributed by atoms with Crippen molar-refractivity contribution in [3.63, 3.8) is 0 Å². The largest absolute Gasteiger partial charge is 0.508 e. The summed E-state index contributed by atoms with van der Waals surface area (Å²) in [5.74, 6) is 1.68. The molecule has 4 nitrogen and oxygen atoms in total. The molecule has 2 aromatic rings. The molecule has 0 amide bonds. The third-order valence-corrected chi connectivity index (χ3v) is 5.13. The second kappa shape index (κ2) is 5.46. The Balaban J connectivity index is 1.77. The predicted octanol–water partition coefficient (Wildman–Crippen LogP) is 3.48. The first kappa shape index (κ1) is 14.4. The van der Waals surface area contributed by atoms with Crippen LogP contribution in [0.3, 0.4) is 0 Å². The van der Waals surface area contributed by atoms with Crippen LogP contribution in [0.15, 0.2) is 42.5 Å². The number of fused-ring (bicyclic) bond motifs is 3. The molecule has 23 heavy (non-hydrogen) atoms. The van der Waals surface area contributed by atoms with E-state index in [0.717, 1.165) is 29.7 Å². The van der Waals surface area contributed by atoms with Crippen molar-refractivity contribution >= 4 is 0 Å². The topological polar surface area (TPSA) is 69.9 Å². The van der Waals surface area contributed by atoms with Gasteiger partial charge in [0.1, 0.15) is 23.4 Å². The first-order valence-corrected chi connectivity index (χ1v) is 8.08. The molecule has 120 valence electrons. The summed E-state index contributed by atoms with van der Waals surface area (Å²) in [6, 6.07) is 12.3. The minimum absolute atomic E-state index is 0.0925. The average Bonchev–Trinajstić information content (AvgIpc) is 2.55. The third-order valence-electron chi connectivity index (χ3n) is 5.13. The maximum atomic E-state index is 10.1. The standard InChI is InChI=1S/C19H20O4/c20-12-3-1-11(2-4-12)19-15-7-5-13(21)9-16(15)17-10-14(22)6-8-18(17)23-19/h1-4,6,8,10,13,15-16,19-22H,5,7,9H2/t13-,15-,16+,19?/m1/s1. The highest BCUT2D eigenvalue weighted by atomic mass is 16.5. The zero-order valence-corrected chi connectivity index (χ0v) is 12.7. The number of hydrogen-bond acceptors (Lipinski definition) is 4. The van der Waals surface area contributed by atoms with Gasteiger partial charge in [0, 0.05) is 11.5 Å². The number of aliphatic hydroxyl groups excluding tert-OH is 1. The van der Waals surface area contributed by atoms with Crippen LogP contribution < -0.4 is 4.74 Å². The minimum Gasteiger partial charge on any atom is -0.508 e. The monoisotopic (exact) mass is 312 g/mol. The molecule has 3 N–H and O–H groups in total. The smallest absolute Gasteiger partial charge is 0.127 e. The lowest BCUT2D eigenvalue weighted by molar-refractivity contribution is 0.0206. The van der Waals surface area contributed by atoms with Gasteiger partial charge in [0.05, 0.1) is 6.10 Å². The lowest BCUT2D eigenvalue weighted by Crippen LogP contribution is -2.36. The van der Waals surface area contributed by atoms with Crippen molar-refractivity contribution < 1.29 is 20.1 Å². The molecule has 2 aromatic carbocycles. The number of aromatic hydroxyl groups is 2. The molecular formula is C19H20O4. The molecule has 1 heterocycles. The average molecular weight is 312 g/mol. The minimum atomic E-state index is -0.301. The van der Waals surface area contributed by atoms with Crippen molar-refractivity contribution in [2.45, 2.75) is 37.4 Å². The van der Waals surface area contributed by atoms with Crippen LogP contribution in [0.4, 0.5) is 0 Å². The highest BCUT2D eigenvalue weighted by Crippen LogP contribution is 2.53. The van der Waals surface area contributed by atoms with Crippen molar-refractivity contribution in [2.75, 3.05) is 0 Å². The molecule has 1 fully saturated rings. The number of hydrogen-bond donors (Lipinski definition) is 3. The fraction of sp³-hybridized carbons (Fsp3) is 0.368. The summed E-state index contributed by atoms with van der Waals surface area (Å²) in [4.78, 5) is 0. The Bertz CT molecular complexity index is 710. The van der Waals surface area contributed by atoms with Crippen LogP contribution in [0, 0.1) is 5.92 Å². The first-order chi connectivity index (χ1) is 11.1. The number of benzene rings is 2. The molecule has 0 bridgehead atoms. The number of phenolic OH excluding ortho intramolecular Hbond substituents is 2. The summed E-state index contributed by atoms with van der Waals surface area (Å²) in [6.45, 7) is 0. The molecule has 1 aliphatic carbocycles. The van der Waals surface area contributed by atoms with E-state index in [1.54, 1.807) is 30.3 Å². The number of phenols is 2. The molecule has 0 aromatic heterocycles. The fourth-order valence-electron chi connectivity index (χ4n) is 4.03. The van der Waals surface area contributed by atoms with E-state index in [1.165, 1.54) is 0 Å². The number of ether oxygens (including phenoxy) is 1. The van der Waals surface area contributed by atoms with Crippen molar-refractivity contribution in [1.82, 2.24) is 0 Å². The van der Waals surface area contributed by atoms with Gasteiger partial charge in [-0.25, -0.2) is 0 Å². The van der Waals surface area contributed by atoms with Gasteiger partial charge in [0.2, 0.25) is 0 Å². The molecule has 2 aliphatic rings. The maximum Gasteiger partial charge on any atom is 0.127 e. The SMILES string of the molecule is Oc1ccc(C2Oc3ccc(O)cc3[C@H]3C[C@H](O)CC[C@@H]23)cc1.